The third-order valence-electron chi connectivity index (χ3n) is 3.43. The minimum absolute atomic E-state index is 0.0553. The minimum Gasteiger partial charge on any atom is -0.454 e. The Hall–Kier alpha value is -2.06. The van der Waals surface area contributed by atoms with Crippen molar-refractivity contribution in [2.24, 2.45) is 5.90 Å². The van der Waals surface area contributed by atoms with Gasteiger partial charge in [0.1, 0.15) is 5.75 Å². The van der Waals surface area contributed by atoms with Crippen LogP contribution in [0.15, 0.2) is 47.4 Å². The maximum Gasteiger partial charge on any atom is 0.166 e. The Kier molecular flexibility index (Phi) is 7.75. The summed E-state index contributed by atoms with van der Waals surface area (Å²) >= 11 is 0.887. The van der Waals surface area contributed by atoms with E-state index in [1.807, 2.05) is 30.3 Å². The Bertz CT molecular complexity index is 695. The highest BCUT2D eigenvalue weighted by molar-refractivity contribution is 7.94. The van der Waals surface area contributed by atoms with Gasteiger partial charge in [-0.25, -0.2) is 0 Å². The molecule has 0 radical (unpaired) electrons. The van der Waals surface area contributed by atoms with Crippen LogP contribution in [-0.4, -0.2) is 12.3 Å². The number of ether oxygens (including phenoxy) is 1. The number of carbonyl (C=O) groups is 1. The molecule has 0 spiro atoms. The smallest absolute Gasteiger partial charge is 0.166 e. The van der Waals surface area contributed by atoms with Crippen molar-refractivity contribution in [3.05, 3.63) is 48.0 Å². The Morgan fingerprint density at radius 1 is 1.24 bits per heavy atom. The average Bonchev–Trinajstić information content (AvgIpc) is 2.62. The summed E-state index contributed by atoms with van der Waals surface area (Å²) in [6, 6.07) is 12.9. The van der Waals surface area contributed by atoms with E-state index < -0.39 is 0 Å². The lowest BCUT2D eigenvalue weighted by Crippen LogP contribution is -2.06. The Morgan fingerprint density at radius 2 is 2.00 bits per heavy atom. The first-order chi connectivity index (χ1) is 12.2. The highest BCUT2D eigenvalue weighted by Gasteiger charge is 2.17. The molecule has 0 unspecified atom stereocenters. The molecule has 2 rings (SSSR count). The molecule has 2 aromatic rings. The monoisotopic (exact) mass is 362 g/mol. The van der Waals surface area contributed by atoms with E-state index >= 15 is 0 Å². The lowest BCUT2D eigenvalue weighted by molar-refractivity contribution is -0.195. The summed E-state index contributed by atoms with van der Waals surface area (Å²) in [5.41, 5.74) is 1.26. The van der Waals surface area contributed by atoms with Crippen molar-refractivity contribution in [1.29, 1.82) is 0 Å². The summed E-state index contributed by atoms with van der Waals surface area (Å²) in [7, 11) is 0. The number of benzene rings is 2. The fourth-order valence-electron chi connectivity index (χ4n) is 2.17. The average molecular weight is 362 g/mol. The molecule has 0 aliphatic rings. The summed E-state index contributed by atoms with van der Waals surface area (Å²) in [4.78, 5) is 16.6. The van der Waals surface area contributed by atoms with Crippen LogP contribution in [0.5, 0.6) is 11.5 Å². The molecule has 0 heterocycles. The summed E-state index contributed by atoms with van der Waals surface area (Å²) in [6.45, 7) is 4.39. The van der Waals surface area contributed by atoms with Gasteiger partial charge in [0.15, 0.2) is 11.5 Å². The van der Waals surface area contributed by atoms with Crippen molar-refractivity contribution in [3.8, 4) is 11.5 Å². The van der Waals surface area contributed by atoms with Gasteiger partial charge in [-0.15, -0.1) is 9.32 Å². The number of Topliss-reactive ketones (excluding diaryl/α,β-unsaturated/α-hetero) is 1. The van der Waals surface area contributed by atoms with Crippen molar-refractivity contribution >= 4 is 23.5 Å². The molecule has 0 aromatic heterocycles. The second-order valence-corrected chi connectivity index (χ2v) is 6.09. The zero-order valence-corrected chi connectivity index (χ0v) is 15.1. The molecule has 0 amide bonds. The Labute approximate surface area is 151 Å². The largest absolute Gasteiger partial charge is 0.454 e. The summed E-state index contributed by atoms with van der Waals surface area (Å²) in [5.74, 6) is 6.12. The number of nitrogens with one attached hydrogen (secondary N) is 1. The first-order valence-corrected chi connectivity index (χ1v) is 8.75. The number of rotatable bonds is 10. The number of nitrogens with two attached hydrogens (primary N) is 1. The standard InChI is InChI=1S/C18H22N2O4S/c1-3-4-10-20-16-11-14(13(2)21)12-17(25-24-23-19)18(16)22-15-8-6-5-7-9-15/h5-9,11-12,20H,3-4,10,19H2,1-2H3. The van der Waals surface area contributed by atoms with Crippen molar-refractivity contribution in [3.63, 3.8) is 0 Å². The number of hydrogen-bond acceptors (Lipinski definition) is 7. The van der Waals surface area contributed by atoms with Crippen LogP contribution in [0.4, 0.5) is 5.69 Å². The van der Waals surface area contributed by atoms with Crippen molar-refractivity contribution in [2.45, 2.75) is 31.6 Å². The third-order valence-corrected chi connectivity index (χ3v) is 4.06. The molecule has 0 saturated carbocycles. The van der Waals surface area contributed by atoms with Crippen LogP contribution in [0.3, 0.4) is 0 Å². The van der Waals surface area contributed by atoms with Gasteiger partial charge in [-0.1, -0.05) is 31.5 Å². The van der Waals surface area contributed by atoms with Crippen LogP contribution in [0.1, 0.15) is 37.0 Å². The van der Waals surface area contributed by atoms with Gasteiger partial charge in [0, 0.05) is 12.1 Å². The van der Waals surface area contributed by atoms with Gasteiger partial charge in [-0.2, -0.15) is 5.90 Å². The lowest BCUT2D eigenvalue weighted by atomic mass is 10.1. The molecule has 25 heavy (non-hydrogen) atoms. The summed E-state index contributed by atoms with van der Waals surface area (Å²) in [6.07, 6.45) is 2.06. The van der Waals surface area contributed by atoms with E-state index in [-0.39, 0.29) is 5.78 Å². The maximum atomic E-state index is 11.8. The molecule has 3 N–H and O–H groups in total. The predicted octanol–water partition coefficient (Wildman–Crippen LogP) is 4.72. The van der Waals surface area contributed by atoms with E-state index in [1.165, 1.54) is 6.92 Å². The molecule has 134 valence electrons. The molecule has 0 bridgehead atoms. The van der Waals surface area contributed by atoms with Gasteiger partial charge in [0.2, 0.25) is 0 Å². The lowest BCUT2D eigenvalue weighted by Gasteiger charge is -2.17. The number of anilines is 1. The second-order valence-electron chi connectivity index (χ2n) is 5.35. The molecular weight excluding hydrogens is 340 g/mol. The first-order valence-electron chi connectivity index (χ1n) is 8.01. The molecule has 7 heteroatoms. The van der Waals surface area contributed by atoms with Gasteiger partial charge in [0.05, 0.1) is 22.6 Å². The number of hydrogen-bond donors (Lipinski definition) is 2. The first kappa shape index (κ1) is 19.3. The fourth-order valence-corrected chi connectivity index (χ4v) is 2.68. The molecule has 2 aromatic carbocycles. The van der Waals surface area contributed by atoms with Gasteiger partial charge in [0.25, 0.3) is 0 Å². The topological polar surface area (TPSA) is 82.8 Å². The van der Waals surface area contributed by atoms with E-state index in [9.17, 15) is 4.79 Å². The minimum atomic E-state index is -0.0553. The van der Waals surface area contributed by atoms with E-state index in [1.54, 1.807) is 12.1 Å². The highest BCUT2D eigenvalue weighted by Crippen LogP contribution is 2.40. The predicted molar refractivity (Wildman–Crippen MR) is 98.6 cm³/mol. The molecule has 0 saturated heterocycles. The number of carbonyl (C=O) groups excluding carboxylic acids is 1. The van der Waals surface area contributed by atoms with Gasteiger partial charge in [-0.05, 0) is 37.6 Å². The number of ketones is 1. The Morgan fingerprint density at radius 3 is 2.64 bits per heavy atom. The van der Waals surface area contributed by atoms with E-state index in [0.29, 0.717) is 27.6 Å². The van der Waals surface area contributed by atoms with Crippen LogP contribution in [0.2, 0.25) is 0 Å². The maximum absolute atomic E-state index is 11.8. The van der Waals surface area contributed by atoms with E-state index in [4.69, 9.17) is 15.0 Å². The molecule has 0 fully saturated rings. The molecule has 0 atom stereocenters. The van der Waals surface area contributed by atoms with Crippen LogP contribution in [0, 0.1) is 0 Å². The van der Waals surface area contributed by atoms with Crippen molar-refractivity contribution < 1.29 is 18.9 Å². The van der Waals surface area contributed by atoms with E-state index in [2.05, 4.69) is 17.2 Å². The molecular formula is C18H22N2O4S. The number of unbranched alkanes of at least 4 members (excludes halogenated alkanes) is 1. The number of para-hydroxylation sites is 1. The van der Waals surface area contributed by atoms with E-state index in [0.717, 1.165) is 31.4 Å². The molecule has 6 nitrogen and oxygen atoms in total. The molecule has 0 aliphatic carbocycles. The quantitative estimate of drug-likeness (QED) is 0.208. The second kappa shape index (κ2) is 10.0. The normalized spacial score (nSPS) is 10.5. The van der Waals surface area contributed by atoms with Crippen LogP contribution in [0.25, 0.3) is 0 Å². The zero-order chi connectivity index (χ0) is 18.1. The van der Waals surface area contributed by atoms with Crippen LogP contribution < -0.4 is 16.0 Å². The summed E-state index contributed by atoms with van der Waals surface area (Å²) < 4.78 is 10.8. The van der Waals surface area contributed by atoms with Gasteiger partial charge < -0.3 is 10.1 Å². The van der Waals surface area contributed by atoms with Gasteiger partial charge >= 0.3 is 0 Å². The van der Waals surface area contributed by atoms with Crippen LogP contribution in [-0.2, 0) is 9.32 Å². The Balaban J connectivity index is 2.42. The highest BCUT2D eigenvalue weighted by atomic mass is 32.2. The fraction of sp³-hybridized carbons (Fsp3) is 0.278. The van der Waals surface area contributed by atoms with Crippen molar-refractivity contribution in [1.82, 2.24) is 0 Å². The SMILES string of the molecule is CCCCNc1cc(C(C)=O)cc(SOON)c1Oc1ccccc1. The van der Waals surface area contributed by atoms with Crippen LogP contribution >= 0.6 is 12.0 Å². The van der Waals surface area contributed by atoms with Gasteiger partial charge in [-0.3, -0.25) is 4.79 Å². The summed E-state index contributed by atoms with van der Waals surface area (Å²) in [5, 5.41) is 3.33. The zero-order valence-electron chi connectivity index (χ0n) is 14.3. The molecule has 0 aliphatic heterocycles. The third kappa shape index (κ3) is 5.75. The van der Waals surface area contributed by atoms with Crippen molar-refractivity contribution in [2.75, 3.05) is 11.9 Å².